The minimum atomic E-state index is -0.296. The van der Waals surface area contributed by atoms with E-state index >= 15 is 0 Å². The van der Waals surface area contributed by atoms with Crippen LogP contribution in [0.5, 0.6) is 5.75 Å². The number of likely N-dealkylation sites (tertiary alicyclic amines) is 1. The zero-order chi connectivity index (χ0) is 20.2. The lowest BCUT2D eigenvalue weighted by molar-refractivity contribution is 0.0550. The molecule has 1 fully saturated rings. The fourth-order valence-corrected chi connectivity index (χ4v) is 4.24. The summed E-state index contributed by atoms with van der Waals surface area (Å²) in [6.45, 7) is 2.84. The second-order valence-corrected chi connectivity index (χ2v) is 7.66. The molecule has 1 saturated heterocycles. The van der Waals surface area contributed by atoms with E-state index in [4.69, 9.17) is 14.0 Å². The third kappa shape index (κ3) is 4.43. The smallest absolute Gasteiger partial charge is 0.170 e. The highest BCUT2D eigenvalue weighted by Crippen LogP contribution is 2.33. The first-order valence-electron chi connectivity index (χ1n) is 10.1. The number of piperidine rings is 1. The van der Waals surface area contributed by atoms with Gasteiger partial charge in [0.2, 0.25) is 0 Å². The summed E-state index contributed by atoms with van der Waals surface area (Å²) in [4.78, 5) is 2.45. The summed E-state index contributed by atoms with van der Waals surface area (Å²) < 4.78 is 30.0. The molecule has 2 aromatic carbocycles. The van der Waals surface area contributed by atoms with E-state index in [1.54, 1.807) is 20.3 Å². The van der Waals surface area contributed by atoms with Gasteiger partial charge in [-0.15, -0.1) is 0 Å². The molecule has 0 aliphatic carbocycles. The summed E-state index contributed by atoms with van der Waals surface area (Å²) in [6, 6.07) is 12.7. The van der Waals surface area contributed by atoms with Crippen LogP contribution in [0.15, 0.2) is 47.0 Å². The van der Waals surface area contributed by atoms with Crippen molar-refractivity contribution in [1.82, 2.24) is 10.1 Å². The van der Waals surface area contributed by atoms with Gasteiger partial charge in [-0.25, -0.2) is 4.39 Å². The number of para-hydroxylation sites is 1. The highest BCUT2D eigenvalue weighted by Gasteiger charge is 2.26. The van der Waals surface area contributed by atoms with Gasteiger partial charge in [0.1, 0.15) is 11.6 Å². The molecule has 6 heteroatoms. The highest BCUT2D eigenvalue weighted by atomic mass is 19.1. The van der Waals surface area contributed by atoms with E-state index in [0.29, 0.717) is 11.5 Å². The molecule has 2 heterocycles. The average molecular weight is 398 g/mol. The fraction of sp³-hybridized carbons (Fsp3) is 0.435. The third-order valence-corrected chi connectivity index (χ3v) is 5.87. The molecule has 3 aromatic rings. The van der Waals surface area contributed by atoms with E-state index in [1.807, 2.05) is 18.2 Å². The highest BCUT2D eigenvalue weighted by molar-refractivity contribution is 5.79. The number of ether oxygens (including phenoxy) is 2. The molecule has 5 nitrogen and oxygen atoms in total. The van der Waals surface area contributed by atoms with Crippen molar-refractivity contribution >= 4 is 11.0 Å². The van der Waals surface area contributed by atoms with Gasteiger partial charge >= 0.3 is 0 Å². The minimum Gasteiger partial charge on any atom is -0.496 e. The van der Waals surface area contributed by atoms with Gasteiger partial charge in [0.15, 0.2) is 5.58 Å². The van der Waals surface area contributed by atoms with E-state index in [2.05, 4.69) is 16.1 Å². The van der Waals surface area contributed by atoms with E-state index in [9.17, 15) is 4.39 Å². The topological polar surface area (TPSA) is 47.7 Å². The lowest BCUT2D eigenvalue weighted by Crippen LogP contribution is -2.39. The Bertz CT molecular complexity index is 950. The van der Waals surface area contributed by atoms with Gasteiger partial charge in [-0.1, -0.05) is 23.4 Å². The Balaban J connectivity index is 1.36. The van der Waals surface area contributed by atoms with Crippen LogP contribution in [-0.4, -0.2) is 50.0 Å². The molecule has 0 saturated carbocycles. The largest absolute Gasteiger partial charge is 0.496 e. The molecule has 29 heavy (non-hydrogen) atoms. The summed E-state index contributed by atoms with van der Waals surface area (Å²) >= 11 is 0. The maximum atomic E-state index is 13.4. The van der Waals surface area contributed by atoms with Crippen molar-refractivity contribution in [3.8, 4) is 5.75 Å². The van der Waals surface area contributed by atoms with Crippen LogP contribution in [0.1, 0.15) is 30.0 Å². The number of halogens is 1. The quantitative estimate of drug-likeness (QED) is 0.590. The Morgan fingerprint density at radius 2 is 1.97 bits per heavy atom. The van der Waals surface area contributed by atoms with Gasteiger partial charge in [-0.3, -0.25) is 0 Å². The van der Waals surface area contributed by atoms with Gasteiger partial charge in [0.05, 0.1) is 18.9 Å². The predicted molar refractivity (Wildman–Crippen MR) is 110 cm³/mol. The number of nitrogens with zero attached hydrogens (tertiary/aromatic N) is 2. The second-order valence-electron chi connectivity index (χ2n) is 7.66. The first kappa shape index (κ1) is 19.9. The van der Waals surface area contributed by atoms with Crippen LogP contribution in [0, 0.1) is 5.82 Å². The first-order chi connectivity index (χ1) is 14.2. The number of benzene rings is 2. The van der Waals surface area contributed by atoms with Crippen molar-refractivity contribution in [1.29, 1.82) is 0 Å². The van der Waals surface area contributed by atoms with Crippen LogP contribution in [0.2, 0.25) is 0 Å². The van der Waals surface area contributed by atoms with E-state index in [-0.39, 0.29) is 11.9 Å². The number of methoxy groups -OCH3 is 2. The number of hydrogen-bond donors (Lipinski definition) is 0. The van der Waals surface area contributed by atoms with Crippen molar-refractivity contribution < 1.29 is 18.4 Å². The van der Waals surface area contributed by atoms with E-state index < -0.39 is 0 Å². The summed E-state index contributed by atoms with van der Waals surface area (Å²) in [7, 11) is 3.47. The Morgan fingerprint density at radius 1 is 1.17 bits per heavy atom. The maximum absolute atomic E-state index is 13.4. The van der Waals surface area contributed by atoms with Gasteiger partial charge in [0.25, 0.3) is 0 Å². The molecule has 1 aromatic heterocycles. The van der Waals surface area contributed by atoms with E-state index in [0.717, 1.165) is 61.3 Å². The lowest BCUT2D eigenvalue weighted by Gasteiger charge is -2.33. The van der Waals surface area contributed by atoms with Gasteiger partial charge < -0.3 is 18.9 Å². The summed E-state index contributed by atoms with van der Waals surface area (Å²) in [6.07, 6.45) is 2.94. The van der Waals surface area contributed by atoms with Crippen molar-refractivity contribution in [3.05, 3.63) is 59.5 Å². The van der Waals surface area contributed by atoms with Gasteiger partial charge in [-0.05, 0) is 49.7 Å². The lowest BCUT2D eigenvalue weighted by atomic mass is 9.91. The van der Waals surface area contributed by atoms with Crippen molar-refractivity contribution in [2.24, 2.45) is 0 Å². The molecule has 4 rings (SSSR count). The van der Waals surface area contributed by atoms with Gasteiger partial charge in [0, 0.05) is 37.4 Å². The zero-order valence-electron chi connectivity index (χ0n) is 16.9. The molecule has 154 valence electrons. The Hall–Kier alpha value is -2.44. The minimum absolute atomic E-state index is 0.110. The van der Waals surface area contributed by atoms with Crippen LogP contribution >= 0.6 is 0 Å². The van der Waals surface area contributed by atoms with Crippen LogP contribution in [0.4, 0.5) is 4.39 Å². The molecular weight excluding hydrogens is 371 g/mol. The maximum Gasteiger partial charge on any atom is 0.170 e. The molecular formula is C23H27FN2O3. The molecule has 0 bridgehead atoms. The first-order valence-corrected chi connectivity index (χ1v) is 10.1. The number of aromatic nitrogens is 1. The standard InChI is InChI=1S/C23H27FN2O3/c1-27-19(13-17-5-3-4-6-21(17)28-2)15-26-11-9-16(10-12-26)23-20-8-7-18(24)14-22(20)29-25-23/h3-8,14,16,19H,9-13,15H2,1-2H3/t19-/m0/s1. The molecule has 0 spiro atoms. The molecule has 0 N–H and O–H groups in total. The molecule has 0 unspecified atom stereocenters. The SMILES string of the molecule is COc1ccccc1C[C@@H](CN1CCC(c2noc3cc(F)ccc23)CC1)OC. The Labute approximate surface area is 170 Å². The molecule has 0 amide bonds. The van der Waals surface area contributed by atoms with Crippen molar-refractivity contribution in [3.63, 3.8) is 0 Å². The monoisotopic (exact) mass is 398 g/mol. The molecule has 0 radical (unpaired) electrons. The zero-order valence-corrected chi connectivity index (χ0v) is 16.9. The van der Waals surface area contributed by atoms with Gasteiger partial charge in [-0.2, -0.15) is 0 Å². The Kier molecular flexibility index (Phi) is 6.11. The third-order valence-electron chi connectivity index (χ3n) is 5.87. The molecule has 1 aliphatic heterocycles. The summed E-state index contributed by atoms with van der Waals surface area (Å²) in [5, 5.41) is 5.17. The van der Waals surface area contributed by atoms with Crippen LogP contribution < -0.4 is 4.74 Å². The number of rotatable bonds is 7. The van der Waals surface area contributed by atoms with Crippen molar-refractivity contribution in [2.45, 2.75) is 31.3 Å². The summed E-state index contributed by atoms with van der Waals surface area (Å²) in [5.41, 5.74) is 2.65. The Morgan fingerprint density at radius 3 is 2.72 bits per heavy atom. The normalized spacial score (nSPS) is 16.9. The van der Waals surface area contributed by atoms with Crippen LogP contribution in [0.3, 0.4) is 0 Å². The average Bonchev–Trinajstić information content (AvgIpc) is 3.17. The summed E-state index contributed by atoms with van der Waals surface area (Å²) in [5.74, 6) is 0.950. The second kappa shape index (κ2) is 8.93. The number of fused-ring (bicyclic) bond motifs is 1. The van der Waals surface area contributed by atoms with Crippen molar-refractivity contribution in [2.75, 3.05) is 33.9 Å². The predicted octanol–water partition coefficient (Wildman–Crippen LogP) is 4.41. The number of hydrogen-bond acceptors (Lipinski definition) is 5. The van der Waals surface area contributed by atoms with Crippen LogP contribution in [-0.2, 0) is 11.2 Å². The van der Waals surface area contributed by atoms with E-state index in [1.165, 1.54) is 12.1 Å². The van der Waals surface area contributed by atoms with Crippen LogP contribution in [0.25, 0.3) is 11.0 Å². The molecule has 1 aliphatic rings. The fourth-order valence-electron chi connectivity index (χ4n) is 4.24. The molecule has 1 atom stereocenters.